The molecule has 0 unspecified atom stereocenters. The van der Waals surface area contributed by atoms with Crippen molar-refractivity contribution in [2.45, 2.75) is 26.6 Å². The second-order valence-corrected chi connectivity index (χ2v) is 10.1. The number of hydrogen-bond donors (Lipinski definition) is 2. The Bertz CT molecular complexity index is 1380. The van der Waals surface area contributed by atoms with Crippen LogP contribution in [0.4, 0.5) is 24.5 Å². The highest BCUT2D eigenvalue weighted by atomic mass is 32.1. The topological polar surface area (TPSA) is 84.4 Å². The van der Waals surface area contributed by atoms with Crippen LogP contribution in [0.25, 0.3) is 0 Å². The van der Waals surface area contributed by atoms with Crippen LogP contribution in [0.3, 0.4) is 0 Å². The Morgan fingerprint density at radius 1 is 1.02 bits per heavy atom. The number of thiocarbonyl (C=S) groups is 1. The van der Waals surface area contributed by atoms with E-state index in [2.05, 4.69) is 45.1 Å². The van der Waals surface area contributed by atoms with E-state index in [0.29, 0.717) is 22.3 Å². The Kier molecular flexibility index (Phi) is 10.1. The molecule has 7 nitrogen and oxygen atoms in total. The number of quaternary nitrogens is 1. The Hall–Kier alpha value is -4.09. The largest absolute Gasteiger partial charge is 0.573 e. The molecule has 0 atom stereocenters. The predicted octanol–water partition coefficient (Wildman–Crippen LogP) is 6.66. The molecule has 3 aromatic rings. The van der Waals surface area contributed by atoms with E-state index in [1.807, 2.05) is 44.4 Å². The van der Waals surface area contributed by atoms with Crippen molar-refractivity contribution >= 4 is 47.1 Å². The molecule has 40 heavy (non-hydrogen) atoms. The first-order valence-corrected chi connectivity index (χ1v) is 12.8. The fourth-order valence-electron chi connectivity index (χ4n) is 3.48. The van der Waals surface area contributed by atoms with Crippen LogP contribution < -0.4 is 15.8 Å². The number of hydrogen-bond acceptors (Lipinski definition) is 4. The molecule has 0 aromatic heterocycles. The Morgan fingerprint density at radius 2 is 1.68 bits per heavy atom. The zero-order valence-electron chi connectivity index (χ0n) is 22.7. The number of aliphatic imine (C=N–C) groups is 2. The Morgan fingerprint density at radius 3 is 2.30 bits per heavy atom. The second-order valence-electron chi connectivity index (χ2n) is 9.75. The minimum atomic E-state index is -4.75. The number of para-hydroxylation sites is 1. The molecule has 0 radical (unpaired) electrons. The molecule has 0 saturated carbocycles. The molecule has 0 saturated heterocycles. The lowest BCUT2D eigenvalue weighted by Gasteiger charge is -2.23. The maximum atomic E-state index is 12.3. The summed E-state index contributed by atoms with van der Waals surface area (Å²) in [5, 5.41) is 8.56. The van der Waals surface area contributed by atoms with E-state index in [0.717, 1.165) is 17.7 Å². The molecule has 0 heterocycles. The minimum absolute atomic E-state index is 0.108. The molecule has 0 amide bonds. The molecule has 0 aliphatic carbocycles. The van der Waals surface area contributed by atoms with Crippen molar-refractivity contribution in [3.05, 3.63) is 89.5 Å². The third-order valence-corrected chi connectivity index (χ3v) is 6.11. The van der Waals surface area contributed by atoms with E-state index in [4.69, 9.17) is 18.0 Å². The number of nitrogens with one attached hydrogen (secondary N) is 1. The van der Waals surface area contributed by atoms with Crippen molar-refractivity contribution in [1.29, 1.82) is 0 Å². The molecule has 0 aliphatic rings. The van der Waals surface area contributed by atoms with Crippen LogP contribution in [-0.2, 0) is 6.42 Å². The van der Waals surface area contributed by atoms with Crippen molar-refractivity contribution in [2.75, 3.05) is 19.4 Å². The number of anilines is 1. The lowest BCUT2D eigenvalue weighted by Crippen LogP contribution is -2.43. The average molecular weight is 570 g/mol. The number of alkyl halides is 3. The molecule has 3 N–H and O–H groups in total. The number of nitrogens with zero attached hydrogens (tertiary/aromatic N) is 4. The van der Waals surface area contributed by atoms with E-state index in [9.17, 15) is 13.2 Å². The lowest BCUT2D eigenvalue weighted by atomic mass is 10.0. The van der Waals surface area contributed by atoms with Crippen LogP contribution in [0, 0.1) is 5.92 Å². The molecule has 0 spiro atoms. The fraction of sp³-hybridized carbons (Fsp3) is 0.241. The van der Waals surface area contributed by atoms with Crippen LogP contribution >= 0.6 is 12.2 Å². The zero-order valence-corrected chi connectivity index (χ0v) is 23.5. The summed E-state index contributed by atoms with van der Waals surface area (Å²) in [6.45, 7) is 4.36. The van der Waals surface area contributed by atoms with Gasteiger partial charge in [-0.25, -0.2) is 9.98 Å². The van der Waals surface area contributed by atoms with Crippen molar-refractivity contribution in [1.82, 2.24) is 0 Å². The van der Waals surface area contributed by atoms with Crippen LogP contribution in [0.5, 0.6) is 5.75 Å². The van der Waals surface area contributed by atoms with Crippen LogP contribution in [0.15, 0.2) is 87.9 Å². The van der Waals surface area contributed by atoms with Gasteiger partial charge in [0.15, 0.2) is 0 Å². The van der Waals surface area contributed by atoms with Gasteiger partial charge in [-0.15, -0.1) is 17.8 Å². The Labute approximate surface area is 237 Å². The minimum Gasteiger partial charge on any atom is -0.406 e. The summed E-state index contributed by atoms with van der Waals surface area (Å²) in [6, 6.07) is 20.5. The number of nitrogens with two attached hydrogens (primary N) is 1. The fourth-order valence-corrected chi connectivity index (χ4v) is 3.64. The van der Waals surface area contributed by atoms with Gasteiger partial charge in [0, 0.05) is 23.5 Å². The van der Waals surface area contributed by atoms with Crippen molar-refractivity contribution < 1.29 is 22.5 Å². The maximum Gasteiger partial charge on any atom is 0.573 e. The van der Waals surface area contributed by atoms with Gasteiger partial charge in [0.2, 0.25) is 0 Å². The monoisotopic (exact) mass is 569 g/mol. The van der Waals surface area contributed by atoms with E-state index in [1.165, 1.54) is 36.2 Å². The molecule has 3 aromatic carbocycles. The molecule has 0 bridgehead atoms. The highest BCUT2D eigenvalue weighted by molar-refractivity contribution is 7.80. The van der Waals surface area contributed by atoms with Crippen LogP contribution in [0.1, 0.15) is 30.5 Å². The van der Waals surface area contributed by atoms with Crippen molar-refractivity contribution in [3.8, 4) is 5.75 Å². The molecular weight excluding hydrogens is 537 g/mol. The van der Waals surface area contributed by atoms with Crippen molar-refractivity contribution in [3.63, 3.8) is 0 Å². The zero-order chi connectivity index (χ0) is 29.3. The van der Waals surface area contributed by atoms with Gasteiger partial charge in [-0.2, -0.15) is 0 Å². The van der Waals surface area contributed by atoms with E-state index < -0.39 is 6.36 Å². The van der Waals surface area contributed by atoms with Gasteiger partial charge in [0.1, 0.15) is 32.0 Å². The summed E-state index contributed by atoms with van der Waals surface area (Å²) in [5.41, 5.74) is 10.2. The normalized spacial score (nSPS) is 12.8. The third kappa shape index (κ3) is 9.58. The third-order valence-electron chi connectivity index (χ3n) is 5.56. The SMILES string of the molecule is CC(C)Cc1ccccc1NC(=S)[N+](C)(C)/N=C/c1ccc(C(N)=NC=Nc2ccc(OC(F)(F)F)cc2)cc1. The quantitative estimate of drug-likeness (QED) is 0.0993. The molecular formula is C29H32F3N6OS+. The summed E-state index contributed by atoms with van der Waals surface area (Å²) >= 11 is 5.67. The first-order chi connectivity index (χ1) is 18.8. The smallest absolute Gasteiger partial charge is 0.406 e. The van der Waals surface area contributed by atoms with E-state index in [1.54, 1.807) is 18.3 Å². The van der Waals surface area contributed by atoms with Gasteiger partial charge in [-0.05, 0) is 53.8 Å². The summed E-state index contributed by atoms with van der Waals surface area (Å²) in [6.07, 6.45) is -0.832. The van der Waals surface area contributed by atoms with Gasteiger partial charge in [-0.3, -0.25) is 5.32 Å². The van der Waals surface area contributed by atoms with E-state index in [-0.39, 0.29) is 16.2 Å². The van der Waals surface area contributed by atoms with Gasteiger partial charge in [0.25, 0.3) is 0 Å². The molecule has 0 fully saturated rings. The van der Waals surface area contributed by atoms with Gasteiger partial charge in [-0.1, -0.05) is 61.4 Å². The summed E-state index contributed by atoms with van der Waals surface area (Å²) in [5.74, 6) is 0.421. The number of ether oxygens (including phenoxy) is 1. The summed E-state index contributed by atoms with van der Waals surface area (Å²) < 4.78 is 40.7. The van der Waals surface area contributed by atoms with Gasteiger partial charge in [0.05, 0.1) is 11.9 Å². The lowest BCUT2D eigenvalue weighted by molar-refractivity contribution is -0.802. The highest BCUT2D eigenvalue weighted by Gasteiger charge is 2.31. The summed E-state index contributed by atoms with van der Waals surface area (Å²) in [7, 11) is 3.79. The summed E-state index contributed by atoms with van der Waals surface area (Å²) in [4.78, 5) is 8.18. The molecule has 0 aliphatic heterocycles. The molecule has 11 heteroatoms. The van der Waals surface area contributed by atoms with Crippen LogP contribution in [-0.4, -0.2) is 48.6 Å². The number of rotatable bonds is 9. The van der Waals surface area contributed by atoms with Gasteiger partial charge < -0.3 is 10.5 Å². The first kappa shape index (κ1) is 30.5. The average Bonchev–Trinajstić information content (AvgIpc) is 2.88. The first-order valence-electron chi connectivity index (χ1n) is 12.4. The Balaban J connectivity index is 1.61. The van der Waals surface area contributed by atoms with Crippen LogP contribution in [0.2, 0.25) is 0 Å². The predicted molar refractivity (Wildman–Crippen MR) is 159 cm³/mol. The van der Waals surface area contributed by atoms with E-state index >= 15 is 0 Å². The second kappa shape index (κ2) is 13.3. The highest BCUT2D eigenvalue weighted by Crippen LogP contribution is 2.25. The van der Waals surface area contributed by atoms with Crippen molar-refractivity contribution in [2.24, 2.45) is 26.7 Å². The standard InChI is InChI=1S/C29H31F3N6OS/c1-20(2)17-23-7-5-6-8-26(23)37-28(40)38(3,4)36-18-21-9-11-22(12-10-21)27(33)35-19-34-24-13-15-25(16-14-24)39-29(30,31)32/h5-16,18-20H,17H2,1-4H3,(H2-,33,34,35,37,40)/p+1/b36-18+. The number of amidine groups is 1. The maximum absolute atomic E-state index is 12.3. The number of halogens is 3. The van der Waals surface area contributed by atoms with Gasteiger partial charge >= 0.3 is 11.5 Å². The molecule has 3 rings (SSSR count). The number of benzene rings is 3. The molecule has 210 valence electrons.